The maximum absolute atomic E-state index is 12.7. The Hall–Kier alpha value is -1.34. The Kier molecular flexibility index (Phi) is 5.13. The largest absolute Gasteiger partial charge is 0.461 e. The van der Waals surface area contributed by atoms with Gasteiger partial charge in [-0.25, -0.2) is 0 Å². The van der Waals surface area contributed by atoms with Crippen LogP contribution in [-0.4, -0.2) is 23.7 Å². The van der Waals surface area contributed by atoms with Gasteiger partial charge in [-0.3, -0.25) is 0 Å². The van der Waals surface area contributed by atoms with Gasteiger partial charge >= 0.3 is 12.5 Å². The molecule has 0 fully saturated rings. The fourth-order valence-corrected chi connectivity index (χ4v) is 1.46. The molecule has 2 atom stereocenters. The molecule has 0 saturated heterocycles. The van der Waals surface area contributed by atoms with Gasteiger partial charge in [0.15, 0.2) is 0 Å². The Morgan fingerprint density at radius 1 is 1.37 bits per heavy atom. The molecule has 0 spiro atoms. The normalized spacial score (nSPS) is 15.4. The Morgan fingerprint density at radius 2 is 2.00 bits per heavy atom. The summed E-state index contributed by atoms with van der Waals surface area (Å²) >= 11 is 0. The van der Waals surface area contributed by atoms with Crippen molar-refractivity contribution in [3.63, 3.8) is 0 Å². The Morgan fingerprint density at radius 3 is 2.53 bits per heavy atom. The minimum atomic E-state index is -4.56. The van der Waals surface area contributed by atoms with E-state index in [1.807, 2.05) is 0 Å². The fraction of sp³-hybridized carbons (Fsp3) is 0.500. The topological polar surface area (TPSA) is 55.5 Å². The molecule has 7 heteroatoms. The molecule has 0 amide bonds. The molecule has 3 nitrogen and oxygen atoms in total. The molecule has 108 valence electrons. The lowest BCUT2D eigenvalue weighted by Gasteiger charge is -2.20. The molecule has 0 aromatic heterocycles. The molecule has 0 aliphatic rings. The van der Waals surface area contributed by atoms with Gasteiger partial charge in [0, 0.05) is 0 Å². The number of nitrogens with two attached hydrogens (primary N) is 1. The third-order valence-electron chi connectivity index (χ3n) is 2.58. The van der Waals surface area contributed by atoms with Crippen molar-refractivity contribution in [2.45, 2.75) is 38.0 Å². The molecule has 0 unspecified atom stereocenters. The van der Waals surface area contributed by atoms with Crippen LogP contribution in [0.15, 0.2) is 24.3 Å². The molecular formula is C12H15F4NO2. The minimum absolute atomic E-state index is 0.330. The van der Waals surface area contributed by atoms with Crippen molar-refractivity contribution in [1.29, 1.82) is 0 Å². The van der Waals surface area contributed by atoms with Gasteiger partial charge in [0.2, 0.25) is 0 Å². The predicted molar refractivity (Wildman–Crippen MR) is 61.2 cm³/mol. The maximum atomic E-state index is 12.7. The highest BCUT2D eigenvalue weighted by molar-refractivity contribution is 5.31. The number of aliphatic hydroxyl groups excluding tert-OH is 1. The van der Waals surface area contributed by atoms with Crippen molar-refractivity contribution in [3.8, 4) is 5.75 Å². The van der Waals surface area contributed by atoms with Gasteiger partial charge < -0.3 is 15.6 Å². The zero-order chi connectivity index (χ0) is 14.6. The Balaban J connectivity index is 2.89. The number of halogens is 4. The van der Waals surface area contributed by atoms with Crippen LogP contribution in [0.25, 0.3) is 0 Å². The zero-order valence-corrected chi connectivity index (χ0v) is 10.2. The molecule has 0 heterocycles. The number of benzene rings is 1. The number of alkyl halides is 4. The summed E-state index contributed by atoms with van der Waals surface area (Å²) in [6.07, 6.45) is -8.97. The molecule has 19 heavy (non-hydrogen) atoms. The van der Waals surface area contributed by atoms with Crippen LogP contribution < -0.4 is 10.5 Å². The van der Waals surface area contributed by atoms with Gasteiger partial charge in [-0.15, -0.1) is 0 Å². The van der Waals surface area contributed by atoms with Gasteiger partial charge in [-0.1, -0.05) is 19.1 Å². The molecular weight excluding hydrogens is 266 g/mol. The monoisotopic (exact) mass is 281 g/mol. The Bertz CT molecular complexity index is 414. The molecule has 0 radical (unpaired) electrons. The summed E-state index contributed by atoms with van der Waals surface area (Å²) < 4.78 is 53.4. The minimum Gasteiger partial charge on any atom is -0.428 e. The lowest BCUT2D eigenvalue weighted by molar-refractivity contribution is -0.253. The number of hydrogen-bond donors (Lipinski definition) is 2. The number of rotatable bonds is 6. The van der Waals surface area contributed by atoms with E-state index in [1.165, 1.54) is 12.1 Å². The van der Waals surface area contributed by atoms with Crippen molar-refractivity contribution in [2.75, 3.05) is 0 Å². The molecule has 3 N–H and O–H groups in total. The first-order chi connectivity index (χ1) is 8.77. The summed E-state index contributed by atoms with van der Waals surface area (Å²) in [6.45, 7) is 1.70. The molecule has 0 saturated carbocycles. The smallest absolute Gasteiger partial charge is 0.428 e. The maximum Gasteiger partial charge on any atom is 0.461 e. The summed E-state index contributed by atoms with van der Waals surface area (Å²) in [4.78, 5) is 0. The lowest BCUT2D eigenvalue weighted by atomic mass is 10.0. The first-order valence-corrected chi connectivity index (χ1v) is 5.66. The van der Waals surface area contributed by atoms with Crippen LogP contribution in [0.4, 0.5) is 17.6 Å². The first-order valence-electron chi connectivity index (χ1n) is 5.66. The van der Waals surface area contributed by atoms with Crippen molar-refractivity contribution < 1.29 is 27.4 Å². The highest BCUT2D eigenvalue weighted by Crippen LogP contribution is 2.29. The van der Waals surface area contributed by atoms with Crippen LogP contribution in [0, 0.1) is 0 Å². The van der Waals surface area contributed by atoms with Gasteiger partial charge in [-0.2, -0.15) is 17.6 Å². The second-order valence-corrected chi connectivity index (χ2v) is 4.04. The van der Waals surface area contributed by atoms with Crippen molar-refractivity contribution in [2.24, 2.45) is 5.73 Å². The van der Waals surface area contributed by atoms with Crippen molar-refractivity contribution in [3.05, 3.63) is 29.8 Å². The first kappa shape index (κ1) is 15.7. The standard InChI is InChI=1S/C12H15F4NO2/c1-2-9(18)10(17)7-4-3-5-8(6-7)19-12(15,16)11(13)14/h3-6,9-11,18H,2,17H2,1H3/t9-,10+/m0/s1. The van der Waals surface area contributed by atoms with Crippen molar-refractivity contribution >= 4 is 0 Å². The van der Waals surface area contributed by atoms with Gasteiger partial charge in [0.05, 0.1) is 12.1 Å². The molecule has 0 bridgehead atoms. The molecule has 1 aromatic carbocycles. The third-order valence-corrected chi connectivity index (χ3v) is 2.58. The number of ether oxygens (including phenoxy) is 1. The van der Waals surface area contributed by atoms with Gasteiger partial charge in [-0.05, 0) is 24.1 Å². The molecule has 1 rings (SSSR count). The van der Waals surface area contributed by atoms with Crippen LogP contribution in [-0.2, 0) is 0 Å². The number of aliphatic hydroxyl groups is 1. The molecule has 0 aliphatic carbocycles. The average molecular weight is 281 g/mol. The highest BCUT2D eigenvalue weighted by Gasteiger charge is 2.44. The second kappa shape index (κ2) is 6.21. The number of hydrogen-bond acceptors (Lipinski definition) is 3. The second-order valence-electron chi connectivity index (χ2n) is 4.04. The molecule has 0 aliphatic heterocycles. The van der Waals surface area contributed by atoms with E-state index in [9.17, 15) is 22.7 Å². The summed E-state index contributed by atoms with van der Waals surface area (Å²) in [5.41, 5.74) is 6.03. The predicted octanol–water partition coefficient (Wildman–Crippen LogP) is 2.69. The van der Waals surface area contributed by atoms with Crippen LogP contribution in [0.1, 0.15) is 24.9 Å². The summed E-state index contributed by atoms with van der Waals surface area (Å²) in [7, 11) is 0. The Labute approximate surface area is 108 Å². The van der Waals surface area contributed by atoms with Crippen LogP contribution >= 0.6 is 0 Å². The third kappa shape index (κ3) is 4.07. The SMILES string of the molecule is CC[C@H](O)[C@H](N)c1cccc(OC(F)(F)C(F)F)c1. The van der Waals surface area contributed by atoms with Crippen LogP contribution in [0.5, 0.6) is 5.75 Å². The van der Waals surface area contributed by atoms with Crippen LogP contribution in [0.3, 0.4) is 0 Å². The summed E-state index contributed by atoms with van der Waals surface area (Å²) in [6, 6.07) is 4.27. The van der Waals surface area contributed by atoms with E-state index < -0.39 is 30.4 Å². The quantitative estimate of drug-likeness (QED) is 0.788. The zero-order valence-electron chi connectivity index (χ0n) is 10.2. The van der Waals surface area contributed by atoms with Gasteiger partial charge in [0.25, 0.3) is 0 Å². The summed E-state index contributed by atoms with van der Waals surface area (Å²) in [5.74, 6) is -0.429. The lowest BCUT2D eigenvalue weighted by Crippen LogP contribution is -2.33. The average Bonchev–Trinajstić information content (AvgIpc) is 2.36. The van der Waals surface area contributed by atoms with E-state index in [0.29, 0.717) is 12.0 Å². The van der Waals surface area contributed by atoms with Crippen molar-refractivity contribution in [1.82, 2.24) is 0 Å². The highest BCUT2D eigenvalue weighted by atomic mass is 19.3. The van der Waals surface area contributed by atoms with E-state index in [0.717, 1.165) is 12.1 Å². The van der Waals surface area contributed by atoms with E-state index in [4.69, 9.17) is 5.73 Å². The van der Waals surface area contributed by atoms with E-state index in [2.05, 4.69) is 4.74 Å². The van der Waals surface area contributed by atoms with E-state index >= 15 is 0 Å². The van der Waals surface area contributed by atoms with Crippen LogP contribution in [0.2, 0.25) is 0 Å². The van der Waals surface area contributed by atoms with Gasteiger partial charge in [0.1, 0.15) is 5.75 Å². The fourth-order valence-electron chi connectivity index (χ4n) is 1.46. The van der Waals surface area contributed by atoms with E-state index in [1.54, 1.807) is 6.92 Å². The molecule has 1 aromatic rings. The summed E-state index contributed by atoms with van der Waals surface area (Å²) in [5, 5.41) is 9.56. The van der Waals surface area contributed by atoms with E-state index in [-0.39, 0.29) is 0 Å².